The smallest absolute Gasteiger partial charge is 0.287 e. The third-order valence-corrected chi connectivity index (χ3v) is 2.56. The summed E-state index contributed by atoms with van der Waals surface area (Å²) in [4.78, 5) is 1.53. The van der Waals surface area contributed by atoms with Crippen LogP contribution in [-0.2, 0) is 0 Å². The largest absolute Gasteiger partial charge is 0.401 e. The Morgan fingerprint density at radius 3 is 1.69 bits per heavy atom. The Labute approximate surface area is 97.0 Å². The fourth-order valence-electron chi connectivity index (χ4n) is 2.06. The van der Waals surface area contributed by atoms with Gasteiger partial charge in [-0.15, -0.1) is 0 Å². The van der Waals surface area contributed by atoms with Crippen LogP contribution in [0.5, 0.6) is 0 Å². The molecule has 0 aromatic heterocycles. The number of alkyl halides is 3. The van der Waals surface area contributed by atoms with Crippen LogP contribution in [0.15, 0.2) is 0 Å². The minimum absolute atomic E-state index is 0.0541. The van der Waals surface area contributed by atoms with Gasteiger partial charge in [0.1, 0.15) is 0 Å². The lowest BCUT2D eigenvalue weighted by Gasteiger charge is -2.41. The highest BCUT2D eigenvalue weighted by atomic mass is 19.4. The highest BCUT2D eigenvalue weighted by molar-refractivity contribution is 4.83. The zero-order valence-corrected chi connectivity index (χ0v) is 11.2. The van der Waals surface area contributed by atoms with Crippen molar-refractivity contribution in [2.75, 3.05) is 6.54 Å². The monoisotopic (exact) mass is 239 g/mol. The van der Waals surface area contributed by atoms with Crippen LogP contribution in [0.3, 0.4) is 0 Å². The third kappa shape index (κ3) is 6.36. The first-order chi connectivity index (χ1) is 6.93. The molecule has 0 amide bonds. The lowest BCUT2D eigenvalue weighted by atomic mass is 9.97. The predicted octanol–water partition coefficient (Wildman–Crippen LogP) is 4.08. The standard InChI is InChI=1S/C12H24F3N/c1-9(2)7-10(3)16(11(4,5)6)8-12(13,14)15/h9-10H,7-8H2,1-6H3. The van der Waals surface area contributed by atoms with Gasteiger partial charge >= 0.3 is 6.18 Å². The zero-order chi connectivity index (χ0) is 13.1. The lowest BCUT2D eigenvalue weighted by molar-refractivity contribution is -0.162. The molecule has 0 aliphatic rings. The van der Waals surface area contributed by atoms with Crippen LogP contribution in [0.25, 0.3) is 0 Å². The Kier molecular flexibility index (Phi) is 5.30. The molecule has 0 aromatic rings. The van der Waals surface area contributed by atoms with Crippen LogP contribution in [0.4, 0.5) is 13.2 Å². The van der Waals surface area contributed by atoms with Gasteiger partial charge in [-0.05, 0) is 40.0 Å². The summed E-state index contributed by atoms with van der Waals surface area (Å²) in [5.41, 5.74) is -0.455. The summed E-state index contributed by atoms with van der Waals surface area (Å²) in [5.74, 6) is 0.410. The van der Waals surface area contributed by atoms with Gasteiger partial charge in [0.15, 0.2) is 0 Å². The van der Waals surface area contributed by atoms with Crippen molar-refractivity contribution < 1.29 is 13.2 Å². The molecule has 0 radical (unpaired) electrons. The molecule has 0 aliphatic heterocycles. The van der Waals surface area contributed by atoms with E-state index in [1.165, 1.54) is 4.90 Å². The minimum atomic E-state index is -4.13. The first kappa shape index (κ1) is 15.8. The maximum atomic E-state index is 12.5. The van der Waals surface area contributed by atoms with E-state index in [-0.39, 0.29) is 6.04 Å². The molecule has 0 fully saturated rings. The molecule has 16 heavy (non-hydrogen) atoms. The molecular weight excluding hydrogens is 215 g/mol. The Balaban J connectivity index is 4.68. The molecule has 0 spiro atoms. The summed E-state index contributed by atoms with van der Waals surface area (Å²) < 4.78 is 37.5. The van der Waals surface area contributed by atoms with Gasteiger partial charge in [-0.3, -0.25) is 4.90 Å². The molecule has 1 atom stereocenters. The van der Waals surface area contributed by atoms with Crippen LogP contribution in [0.1, 0.15) is 48.0 Å². The number of hydrogen-bond acceptors (Lipinski definition) is 1. The Morgan fingerprint density at radius 2 is 1.44 bits per heavy atom. The van der Waals surface area contributed by atoms with Gasteiger partial charge < -0.3 is 0 Å². The minimum Gasteiger partial charge on any atom is -0.287 e. The molecular formula is C12H24F3N. The van der Waals surface area contributed by atoms with E-state index >= 15 is 0 Å². The van der Waals surface area contributed by atoms with Crippen molar-refractivity contribution in [3.8, 4) is 0 Å². The summed E-state index contributed by atoms with van der Waals surface area (Å²) in [6.45, 7) is 10.6. The van der Waals surface area contributed by atoms with Gasteiger partial charge in [-0.1, -0.05) is 13.8 Å². The highest BCUT2D eigenvalue weighted by Gasteiger charge is 2.37. The average Bonchev–Trinajstić information content (AvgIpc) is 1.94. The molecule has 0 saturated heterocycles. The van der Waals surface area contributed by atoms with E-state index < -0.39 is 18.3 Å². The average molecular weight is 239 g/mol. The molecule has 0 N–H and O–H groups in total. The van der Waals surface area contributed by atoms with E-state index in [9.17, 15) is 13.2 Å². The van der Waals surface area contributed by atoms with Crippen molar-refractivity contribution in [2.24, 2.45) is 5.92 Å². The van der Waals surface area contributed by atoms with Crippen molar-refractivity contribution >= 4 is 0 Å². The fourth-order valence-corrected chi connectivity index (χ4v) is 2.06. The Hall–Kier alpha value is -0.250. The van der Waals surface area contributed by atoms with Crippen molar-refractivity contribution in [3.05, 3.63) is 0 Å². The molecule has 0 rings (SSSR count). The predicted molar refractivity (Wildman–Crippen MR) is 61.4 cm³/mol. The lowest BCUT2D eigenvalue weighted by Crippen LogP contribution is -2.51. The molecule has 98 valence electrons. The van der Waals surface area contributed by atoms with Crippen LogP contribution >= 0.6 is 0 Å². The summed E-state index contributed by atoms with van der Waals surface area (Å²) in [6.07, 6.45) is -3.34. The van der Waals surface area contributed by atoms with Gasteiger partial charge in [0.05, 0.1) is 6.54 Å². The number of rotatable bonds is 4. The fraction of sp³-hybridized carbons (Fsp3) is 1.00. The summed E-state index contributed by atoms with van der Waals surface area (Å²) >= 11 is 0. The van der Waals surface area contributed by atoms with Crippen LogP contribution in [0.2, 0.25) is 0 Å². The van der Waals surface area contributed by atoms with Crippen molar-refractivity contribution in [3.63, 3.8) is 0 Å². The topological polar surface area (TPSA) is 3.24 Å². The van der Waals surface area contributed by atoms with Crippen molar-refractivity contribution in [2.45, 2.75) is 65.7 Å². The Morgan fingerprint density at radius 1 is 1.00 bits per heavy atom. The van der Waals surface area contributed by atoms with Gasteiger partial charge in [0.25, 0.3) is 0 Å². The molecule has 0 heterocycles. The van der Waals surface area contributed by atoms with E-state index in [0.717, 1.165) is 6.42 Å². The van der Waals surface area contributed by atoms with Crippen molar-refractivity contribution in [1.82, 2.24) is 4.90 Å². The highest BCUT2D eigenvalue weighted by Crippen LogP contribution is 2.26. The zero-order valence-electron chi connectivity index (χ0n) is 11.2. The van der Waals surface area contributed by atoms with E-state index in [0.29, 0.717) is 5.92 Å². The van der Waals surface area contributed by atoms with Crippen molar-refractivity contribution in [1.29, 1.82) is 0 Å². The molecule has 0 saturated carbocycles. The molecule has 1 unspecified atom stereocenters. The molecule has 0 aliphatic carbocycles. The van der Waals surface area contributed by atoms with Crippen LogP contribution in [-0.4, -0.2) is 29.2 Å². The second kappa shape index (κ2) is 5.39. The van der Waals surface area contributed by atoms with Gasteiger partial charge in [-0.25, -0.2) is 0 Å². The van der Waals surface area contributed by atoms with Crippen LogP contribution < -0.4 is 0 Å². The SMILES string of the molecule is CC(C)CC(C)N(CC(F)(F)F)C(C)(C)C. The number of halogens is 3. The van der Waals surface area contributed by atoms with E-state index in [1.54, 1.807) is 0 Å². The molecule has 4 heteroatoms. The van der Waals surface area contributed by atoms with E-state index in [2.05, 4.69) is 0 Å². The number of hydrogen-bond donors (Lipinski definition) is 0. The van der Waals surface area contributed by atoms with Gasteiger partial charge in [-0.2, -0.15) is 13.2 Å². The summed E-state index contributed by atoms with van der Waals surface area (Å²) in [6, 6.07) is -0.0541. The van der Waals surface area contributed by atoms with E-state index in [1.807, 2.05) is 41.5 Å². The molecule has 0 aromatic carbocycles. The van der Waals surface area contributed by atoms with Crippen LogP contribution in [0, 0.1) is 5.92 Å². The second-order valence-electron chi connectivity index (χ2n) is 5.89. The quantitative estimate of drug-likeness (QED) is 0.714. The molecule has 0 bridgehead atoms. The number of nitrogens with zero attached hydrogens (tertiary/aromatic N) is 1. The third-order valence-electron chi connectivity index (χ3n) is 2.56. The maximum absolute atomic E-state index is 12.5. The summed E-state index contributed by atoms with van der Waals surface area (Å²) in [5, 5.41) is 0. The maximum Gasteiger partial charge on any atom is 0.401 e. The van der Waals surface area contributed by atoms with Gasteiger partial charge in [0, 0.05) is 11.6 Å². The first-order valence-corrected chi connectivity index (χ1v) is 5.77. The second-order valence-corrected chi connectivity index (χ2v) is 5.89. The molecule has 1 nitrogen and oxygen atoms in total. The first-order valence-electron chi connectivity index (χ1n) is 5.77. The normalized spacial score (nSPS) is 15.9. The summed E-state index contributed by atoms with van der Waals surface area (Å²) in [7, 11) is 0. The van der Waals surface area contributed by atoms with Gasteiger partial charge in [0.2, 0.25) is 0 Å². The van der Waals surface area contributed by atoms with E-state index in [4.69, 9.17) is 0 Å². The Bertz CT molecular complexity index is 203.